The number of amides is 1. The lowest BCUT2D eigenvalue weighted by Crippen LogP contribution is -2.18. The summed E-state index contributed by atoms with van der Waals surface area (Å²) in [7, 11) is 0. The average molecular weight is 348 g/mol. The van der Waals surface area contributed by atoms with Gasteiger partial charge in [0, 0.05) is 17.7 Å². The van der Waals surface area contributed by atoms with Gasteiger partial charge in [0.05, 0.1) is 21.7 Å². The van der Waals surface area contributed by atoms with Gasteiger partial charge in [0.2, 0.25) is 6.79 Å². The van der Waals surface area contributed by atoms with E-state index in [-0.39, 0.29) is 23.1 Å². The molecule has 1 aliphatic rings. The molecule has 0 fully saturated rings. The van der Waals surface area contributed by atoms with Gasteiger partial charge in [-0.3, -0.25) is 14.9 Å². The third kappa shape index (κ3) is 3.13. The van der Waals surface area contributed by atoms with Gasteiger partial charge in [0.15, 0.2) is 11.5 Å². The van der Waals surface area contributed by atoms with Crippen molar-refractivity contribution in [2.75, 3.05) is 6.79 Å². The van der Waals surface area contributed by atoms with E-state index in [0.29, 0.717) is 17.1 Å². The maximum Gasteiger partial charge on any atom is 0.272 e. The highest BCUT2D eigenvalue weighted by molar-refractivity contribution is 6.34. The smallest absolute Gasteiger partial charge is 0.272 e. The molecule has 2 aromatic rings. The molecule has 0 radical (unpaired) electrons. The van der Waals surface area contributed by atoms with Crippen LogP contribution in [0.2, 0.25) is 5.02 Å². The number of hydrogen-bond donors (Lipinski definition) is 1. The number of nitro benzene ring substituents is 1. The van der Waals surface area contributed by atoms with Crippen LogP contribution < -0.4 is 14.9 Å². The number of hydrazone groups is 1. The number of non-ortho nitro benzene ring substituents is 1. The molecular formula is C15H10ClN3O5. The summed E-state index contributed by atoms with van der Waals surface area (Å²) in [5.41, 5.74) is 2.83. The van der Waals surface area contributed by atoms with Crippen LogP contribution in [-0.2, 0) is 0 Å². The van der Waals surface area contributed by atoms with E-state index >= 15 is 0 Å². The van der Waals surface area contributed by atoms with E-state index in [1.165, 1.54) is 18.3 Å². The molecule has 8 nitrogen and oxygen atoms in total. The number of carbonyl (C=O) groups excluding carboxylic acids is 1. The molecule has 0 bridgehead atoms. The summed E-state index contributed by atoms with van der Waals surface area (Å²) in [6.45, 7) is 0.130. The second kappa shape index (κ2) is 6.55. The van der Waals surface area contributed by atoms with Gasteiger partial charge in [-0.05, 0) is 18.2 Å². The lowest BCUT2D eigenvalue weighted by atomic mass is 10.2. The first-order chi connectivity index (χ1) is 11.6. The molecule has 2 aromatic carbocycles. The van der Waals surface area contributed by atoms with Crippen LogP contribution >= 0.6 is 11.6 Å². The number of nitrogens with one attached hydrogen (secondary N) is 1. The van der Waals surface area contributed by atoms with Crippen LogP contribution in [-0.4, -0.2) is 23.8 Å². The van der Waals surface area contributed by atoms with Gasteiger partial charge in [-0.25, -0.2) is 5.43 Å². The third-order valence-electron chi connectivity index (χ3n) is 3.20. The molecule has 122 valence electrons. The van der Waals surface area contributed by atoms with Crippen molar-refractivity contribution >= 4 is 29.4 Å². The third-order valence-corrected chi connectivity index (χ3v) is 3.52. The fourth-order valence-electron chi connectivity index (χ4n) is 2.08. The number of rotatable bonds is 4. The molecule has 0 unspecified atom stereocenters. The Kier molecular flexibility index (Phi) is 4.30. The molecule has 0 spiro atoms. The zero-order valence-corrected chi connectivity index (χ0v) is 12.8. The minimum atomic E-state index is -0.593. The Bertz CT molecular complexity index is 853. The Hall–Kier alpha value is -3.13. The van der Waals surface area contributed by atoms with Crippen LogP contribution in [0.15, 0.2) is 41.5 Å². The Labute approximate surface area is 140 Å². The number of carbonyl (C=O) groups is 1. The molecule has 1 N–H and O–H groups in total. The Morgan fingerprint density at radius 3 is 2.92 bits per heavy atom. The number of hydrogen-bond acceptors (Lipinski definition) is 6. The molecule has 1 aliphatic heterocycles. The van der Waals surface area contributed by atoms with Crippen LogP contribution in [0.4, 0.5) is 5.69 Å². The van der Waals surface area contributed by atoms with Crippen molar-refractivity contribution in [2.45, 2.75) is 0 Å². The number of nitro groups is 1. The summed E-state index contributed by atoms with van der Waals surface area (Å²) in [5, 5.41) is 14.5. The molecule has 1 amide bonds. The fraction of sp³-hybridized carbons (Fsp3) is 0.0667. The molecule has 1 heterocycles. The van der Waals surface area contributed by atoms with E-state index in [9.17, 15) is 14.9 Å². The van der Waals surface area contributed by atoms with E-state index in [1.807, 2.05) is 0 Å². The zero-order chi connectivity index (χ0) is 17.1. The summed E-state index contributed by atoms with van der Waals surface area (Å²) in [5.74, 6) is 0.559. The first-order valence-corrected chi connectivity index (χ1v) is 7.10. The van der Waals surface area contributed by atoms with Gasteiger partial charge < -0.3 is 9.47 Å². The van der Waals surface area contributed by atoms with Crippen molar-refractivity contribution in [1.82, 2.24) is 5.43 Å². The second-order valence-corrected chi connectivity index (χ2v) is 5.11. The van der Waals surface area contributed by atoms with Crippen LogP contribution in [0.3, 0.4) is 0 Å². The largest absolute Gasteiger partial charge is 0.454 e. The number of ether oxygens (including phenoxy) is 2. The highest BCUT2D eigenvalue weighted by Gasteiger charge is 2.17. The fourth-order valence-corrected chi connectivity index (χ4v) is 2.34. The highest BCUT2D eigenvalue weighted by atomic mass is 35.5. The standard InChI is InChI=1S/C15H10ClN3O5/c16-12-6-10(19(21)22)4-5-11(12)15(20)18-17-7-9-2-1-3-13-14(9)24-8-23-13/h1-7H,8H2,(H,18,20). The Morgan fingerprint density at radius 2 is 2.17 bits per heavy atom. The molecule has 9 heteroatoms. The second-order valence-electron chi connectivity index (χ2n) is 4.70. The van der Waals surface area contributed by atoms with Crippen molar-refractivity contribution in [1.29, 1.82) is 0 Å². The number of halogens is 1. The minimum Gasteiger partial charge on any atom is -0.454 e. The van der Waals surface area contributed by atoms with Gasteiger partial charge in [-0.15, -0.1) is 0 Å². The summed E-state index contributed by atoms with van der Waals surface area (Å²) in [6.07, 6.45) is 1.41. The molecule has 0 aliphatic carbocycles. The van der Waals surface area contributed by atoms with E-state index in [4.69, 9.17) is 21.1 Å². The van der Waals surface area contributed by atoms with Crippen molar-refractivity contribution in [3.8, 4) is 11.5 Å². The molecule has 0 saturated heterocycles. The van der Waals surface area contributed by atoms with Crippen LogP contribution in [0.25, 0.3) is 0 Å². The van der Waals surface area contributed by atoms with Crippen LogP contribution in [0.5, 0.6) is 11.5 Å². The van der Waals surface area contributed by atoms with Gasteiger partial charge in [-0.2, -0.15) is 5.10 Å². The van der Waals surface area contributed by atoms with E-state index < -0.39 is 10.8 Å². The van der Waals surface area contributed by atoms with Crippen LogP contribution in [0.1, 0.15) is 15.9 Å². The van der Waals surface area contributed by atoms with Crippen molar-refractivity contribution in [3.63, 3.8) is 0 Å². The molecular weight excluding hydrogens is 338 g/mol. The monoisotopic (exact) mass is 347 g/mol. The Balaban J connectivity index is 1.72. The summed E-state index contributed by atoms with van der Waals surface area (Å²) < 4.78 is 10.6. The maximum atomic E-state index is 12.0. The average Bonchev–Trinajstić information content (AvgIpc) is 3.04. The maximum absolute atomic E-state index is 12.0. The van der Waals surface area contributed by atoms with E-state index in [1.54, 1.807) is 18.2 Å². The first-order valence-electron chi connectivity index (χ1n) is 6.72. The summed E-state index contributed by atoms with van der Waals surface area (Å²) in [6, 6.07) is 8.85. The summed E-state index contributed by atoms with van der Waals surface area (Å²) in [4.78, 5) is 22.1. The molecule has 0 saturated carbocycles. The summed E-state index contributed by atoms with van der Waals surface area (Å²) >= 11 is 5.89. The number of fused-ring (bicyclic) bond motifs is 1. The van der Waals surface area contributed by atoms with Gasteiger partial charge in [0.1, 0.15) is 0 Å². The lowest BCUT2D eigenvalue weighted by molar-refractivity contribution is -0.384. The Morgan fingerprint density at radius 1 is 1.33 bits per heavy atom. The lowest BCUT2D eigenvalue weighted by Gasteiger charge is -2.03. The zero-order valence-electron chi connectivity index (χ0n) is 12.1. The van der Waals surface area contributed by atoms with E-state index in [2.05, 4.69) is 10.5 Å². The first kappa shape index (κ1) is 15.8. The molecule has 3 rings (SSSR count). The number of para-hydroxylation sites is 1. The molecule has 0 atom stereocenters. The SMILES string of the molecule is O=C(NN=Cc1cccc2c1OCO2)c1ccc([N+](=O)[O-])cc1Cl. The normalized spacial score (nSPS) is 12.4. The van der Waals surface area contributed by atoms with Gasteiger partial charge >= 0.3 is 0 Å². The van der Waals surface area contributed by atoms with Crippen molar-refractivity contribution in [2.24, 2.45) is 5.10 Å². The number of benzene rings is 2. The van der Waals surface area contributed by atoms with Crippen LogP contribution in [0, 0.1) is 10.1 Å². The number of nitrogens with zero attached hydrogens (tertiary/aromatic N) is 2. The van der Waals surface area contributed by atoms with E-state index in [0.717, 1.165) is 6.07 Å². The quantitative estimate of drug-likeness (QED) is 0.520. The molecule has 24 heavy (non-hydrogen) atoms. The topological polar surface area (TPSA) is 103 Å². The predicted octanol–water partition coefficient (Wildman–Crippen LogP) is 2.74. The molecule has 0 aromatic heterocycles. The highest BCUT2D eigenvalue weighted by Crippen LogP contribution is 2.34. The predicted molar refractivity (Wildman–Crippen MR) is 85.7 cm³/mol. The van der Waals surface area contributed by atoms with Gasteiger partial charge in [0.25, 0.3) is 11.6 Å². The minimum absolute atomic E-state index is 0.0331. The van der Waals surface area contributed by atoms with Crippen molar-refractivity contribution < 1.29 is 19.2 Å². The van der Waals surface area contributed by atoms with Gasteiger partial charge in [-0.1, -0.05) is 17.7 Å². The van der Waals surface area contributed by atoms with Crippen molar-refractivity contribution in [3.05, 3.63) is 62.7 Å².